The van der Waals surface area contributed by atoms with Crippen LogP contribution >= 0.6 is 11.6 Å². The Hall–Kier alpha value is -1.13. The number of alkyl halides is 1. The summed E-state index contributed by atoms with van der Waals surface area (Å²) in [5, 5.41) is -0.224. The number of aryl methyl sites for hydroxylation is 1. The highest BCUT2D eigenvalue weighted by atomic mass is 35.5. The Morgan fingerprint density at radius 1 is 1.50 bits per heavy atom. The molecule has 1 heterocycles. The number of methoxy groups -OCH3 is 1. The number of benzene rings is 1. The smallest absolute Gasteiger partial charge is 0.128 e. The molecule has 2 rings (SSSR count). The van der Waals surface area contributed by atoms with E-state index in [-0.39, 0.29) is 11.2 Å². The van der Waals surface area contributed by atoms with Gasteiger partial charge in [-0.1, -0.05) is 0 Å². The van der Waals surface area contributed by atoms with Crippen LogP contribution in [0.4, 0.5) is 4.39 Å². The van der Waals surface area contributed by atoms with Gasteiger partial charge in [0.1, 0.15) is 11.6 Å². The van der Waals surface area contributed by atoms with Crippen molar-refractivity contribution in [2.24, 2.45) is 0 Å². The van der Waals surface area contributed by atoms with Crippen LogP contribution in [0.3, 0.4) is 0 Å². The SMILES string of the molecule is COCCn1c(C(C)Cl)nc2cc(F)c(C)cc21. The molecule has 5 heteroatoms. The molecule has 1 unspecified atom stereocenters. The quantitative estimate of drug-likeness (QED) is 0.796. The molecule has 98 valence electrons. The van der Waals surface area contributed by atoms with E-state index in [0.717, 1.165) is 11.3 Å². The van der Waals surface area contributed by atoms with Gasteiger partial charge < -0.3 is 9.30 Å². The van der Waals surface area contributed by atoms with Crippen LogP contribution in [0, 0.1) is 12.7 Å². The summed E-state index contributed by atoms with van der Waals surface area (Å²) < 4.78 is 20.6. The molecule has 0 aliphatic heterocycles. The van der Waals surface area contributed by atoms with Gasteiger partial charge in [0, 0.05) is 19.7 Å². The maximum Gasteiger partial charge on any atom is 0.128 e. The molecule has 0 saturated carbocycles. The highest BCUT2D eigenvalue weighted by Crippen LogP contribution is 2.26. The Balaban J connectivity index is 2.61. The lowest BCUT2D eigenvalue weighted by Gasteiger charge is -2.10. The second kappa shape index (κ2) is 5.24. The minimum atomic E-state index is -0.243. The third-order valence-corrected chi connectivity index (χ3v) is 3.13. The zero-order valence-corrected chi connectivity index (χ0v) is 11.5. The van der Waals surface area contributed by atoms with E-state index < -0.39 is 0 Å². The first-order valence-electron chi connectivity index (χ1n) is 5.84. The lowest BCUT2D eigenvalue weighted by atomic mass is 10.2. The molecule has 0 N–H and O–H groups in total. The number of ether oxygens (including phenoxy) is 1. The van der Waals surface area contributed by atoms with Gasteiger partial charge in [0.2, 0.25) is 0 Å². The van der Waals surface area contributed by atoms with Crippen LogP contribution in [-0.4, -0.2) is 23.3 Å². The first-order chi connectivity index (χ1) is 8.54. The molecule has 1 aromatic heterocycles. The molecule has 1 atom stereocenters. The van der Waals surface area contributed by atoms with Crippen LogP contribution in [0.5, 0.6) is 0 Å². The van der Waals surface area contributed by atoms with Crippen LogP contribution in [0.25, 0.3) is 11.0 Å². The Morgan fingerprint density at radius 3 is 2.83 bits per heavy atom. The summed E-state index contributed by atoms with van der Waals surface area (Å²) in [6.07, 6.45) is 0. The Kier molecular flexibility index (Phi) is 3.88. The van der Waals surface area contributed by atoms with Gasteiger partial charge in [0.05, 0.1) is 23.0 Å². The van der Waals surface area contributed by atoms with E-state index in [1.54, 1.807) is 20.1 Å². The third kappa shape index (κ3) is 2.35. The highest BCUT2D eigenvalue weighted by molar-refractivity contribution is 6.20. The van der Waals surface area contributed by atoms with E-state index >= 15 is 0 Å². The number of imidazole rings is 1. The van der Waals surface area contributed by atoms with Crippen molar-refractivity contribution in [2.75, 3.05) is 13.7 Å². The number of nitrogens with zero attached hydrogens (tertiary/aromatic N) is 2. The maximum absolute atomic E-state index is 13.5. The molecule has 2 aromatic rings. The highest BCUT2D eigenvalue weighted by Gasteiger charge is 2.16. The van der Waals surface area contributed by atoms with Crippen molar-refractivity contribution in [3.05, 3.63) is 29.3 Å². The van der Waals surface area contributed by atoms with Gasteiger partial charge in [-0.25, -0.2) is 9.37 Å². The van der Waals surface area contributed by atoms with Crippen LogP contribution in [0.1, 0.15) is 23.7 Å². The number of hydrogen-bond donors (Lipinski definition) is 0. The molecule has 0 bridgehead atoms. The van der Waals surface area contributed by atoms with E-state index in [2.05, 4.69) is 4.98 Å². The van der Waals surface area contributed by atoms with Gasteiger partial charge in [-0.3, -0.25) is 0 Å². The zero-order valence-electron chi connectivity index (χ0n) is 10.7. The summed E-state index contributed by atoms with van der Waals surface area (Å²) in [6, 6.07) is 3.26. The van der Waals surface area contributed by atoms with Crippen molar-refractivity contribution in [1.29, 1.82) is 0 Å². The van der Waals surface area contributed by atoms with E-state index in [4.69, 9.17) is 16.3 Å². The summed E-state index contributed by atoms with van der Waals surface area (Å²) in [6.45, 7) is 4.82. The lowest BCUT2D eigenvalue weighted by Crippen LogP contribution is -2.08. The zero-order chi connectivity index (χ0) is 13.3. The maximum atomic E-state index is 13.5. The van der Waals surface area contributed by atoms with Crippen molar-refractivity contribution >= 4 is 22.6 Å². The molecule has 0 fully saturated rings. The van der Waals surface area contributed by atoms with Gasteiger partial charge in [-0.2, -0.15) is 0 Å². The van der Waals surface area contributed by atoms with Gasteiger partial charge in [-0.15, -0.1) is 11.6 Å². The molecule has 0 spiro atoms. The fourth-order valence-corrected chi connectivity index (χ4v) is 2.16. The van der Waals surface area contributed by atoms with Gasteiger partial charge in [0.25, 0.3) is 0 Å². The number of halogens is 2. The monoisotopic (exact) mass is 270 g/mol. The second-order valence-electron chi connectivity index (χ2n) is 4.32. The van der Waals surface area contributed by atoms with Crippen molar-refractivity contribution in [1.82, 2.24) is 9.55 Å². The molecule has 18 heavy (non-hydrogen) atoms. The molecule has 0 saturated heterocycles. The van der Waals surface area contributed by atoms with Gasteiger partial charge in [0.15, 0.2) is 0 Å². The molecule has 0 aliphatic rings. The Labute approximate surface area is 111 Å². The van der Waals surface area contributed by atoms with Crippen molar-refractivity contribution < 1.29 is 9.13 Å². The first-order valence-corrected chi connectivity index (χ1v) is 6.27. The van der Waals surface area contributed by atoms with Crippen LogP contribution in [0.15, 0.2) is 12.1 Å². The normalized spacial score (nSPS) is 13.2. The summed E-state index contributed by atoms with van der Waals surface area (Å²) >= 11 is 6.12. The first kappa shape index (κ1) is 13.3. The minimum Gasteiger partial charge on any atom is -0.383 e. The number of rotatable bonds is 4. The average molecular weight is 271 g/mol. The van der Waals surface area contributed by atoms with Crippen molar-refractivity contribution in [2.45, 2.75) is 25.8 Å². The van der Waals surface area contributed by atoms with Gasteiger partial charge in [-0.05, 0) is 25.5 Å². The topological polar surface area (TPSA) is 27.1 Å². The Bertz CT molecular complexity index is 566. The van der Waals surface area contributed by atoms with E-state index in [1.165, 1.54) is 6.07 Å². The average Bonchev–Trinajstić information content (AvgIpc) is 2.65. The van der Waals surface area contributed by atoms with E-state index in [0.29, 0.717) is 24.2 Å². The molecular weight excluding hydrogens is 255 g/mol. The molecule has 3 nitrogen and oxygen atoms in total. The molecule has 1 aromatic carbocycles. The van der Waals surface area contributed by atoms with Crippen LogP contribution < -0.4 is 0 Å². The fourth-order valence-electron chi connectivity index (χ4n) is 1.99. The number of aromatic nitrogens is 2. The lowest BCUT2D eigenvalue weighted by molar-refractivity contribution is 0.187. The number of fused-ring (bicyclic) bond motifs is 1. The molecule has 0 radical (unpaired) electrons. The largest absolute Gasteiger partial charge is 0.383 e. The summed E-state index contributed by atoms with van der Waals surface area (Å²) in [4.78, 5) is 4.40. The van der Waals surface area contributed by atoms with Crippen molar-refractivity contribution in [3.8, 4) is 0 Å². The molecule has 0 aliphatic carbocycles. The van der Waals surface area contributed by atoms with E-state index in [9.17, 15) is 4.39 Å². The standard InChI is InChI=1S/C13H16ClFN2O/c1-8-6-12-11(7-10(8)15)16-13(9(2)14)17(12)4-5-18-3/h6-7,9H,4-5H2,1-3H3. The van der Waals surface area contributed by atoms with Crippen LogP contribution in [-0.2, 0) is 11.3 Å². The summed E-state index contributed by atoms with van der Waals surface area (Å²) in [5.74, 6) is 0.501. The van der Waals surface area contributed by atoms with Gasteiger partial charge >= 0.3 is 0 Å². The predicted molar refractivity (Wildman–Crippen MR) is 70.6 cm³/mol. The van der Waals surface area contributed by atoms with Crippen molar-refractivity contribution in [3.63, 3.8) is 0 Å². The summed E-state index contributed by atoms with van der Waals surface area (Å²) in [7, 11) is 1.65. The molecule has 0 amide bonds. The minimum absolute atomic E-state index is 0.224. The second-order valence-corrected chi connectivity index (χ2v) is 4.98. The summed E-state index contributed by atoms with van der Waals surface area (Å²) in [5.41, 5.74) is 2.14. The fraction of sp³-hybridized carbons (Fsp3) is 0.462. The Morgan fingerprint density at radius 2 is 2.22 bits per heavy atom. The predicted octanol–water partition coefficient (Wildman–Crippen LogP) is 3.43. The number of hydrogen-bond acceptors (Lipinski definition) is 2. The third-order valence-electron chi connectivity index (χ3n) is 2.93. The van der Waals surface area contributed by atoms with E-state index in [1.807, 2.05) is 11.5 Å². The molecular formula is C13H16ClFN2O. The van der Waals surface area contributed by atoms with Crippen LogP contribution in [0.2, 0.25) is 0 Å².